The van der Waals surface area contributed by atoms with E-state index in [9.17, 15) is 4.79 Å². The molecule has 0 aromatic heterocycles. The van der Waals surface area contributed by atoms with E-state index in [0.29, 0.717) is 18.8 Å². The van der Waals surface area contributed by atoms with E-state index in [1.54, 1.807) is 11.0 Å². The van der Waals surface area contributed by atoms with Crippen molar-refractivity contribution < 1.29 is 13.9 Å². The Morgan fingerprint density at radius 1 is 1.18 bits per heavy atom. The predicted octanol–water partition coefficient (Wildman–Crippen LogP) is 3.43. The summed E-state index contributed by atoms with van der Waals surface area (Å²) in [6.07, 6.45) is 5.52. The lowest BCUT2D eigenvalue weighted by Crippen LogP contribution is -2.59. The number of benzene rings is 1. The zero-order valence-corrected chi connectivity index (χ0v) is 20.3. The molecule has 0 radical (unpaired) electrons. The molecule has 9 nitrogen and oxygen atoms in total. The molecule has 5 N–H and O–H groups in total. The van der Waals surface area contributed by atoms with Gasteiger partial charge in [0, 0.05) is 19.1 Å². The van der Waals surface area contributed by atoms with E-state index in [-0.39, 0.29) is 23.8 Å². The highest BCUT2D eigenvalue weighted by atomic mass is 19.1. The molecule has 2 heterocycles. The second-order valence-electron chi connectivity index (χ2n) is 10.3. The van der Waals surface area contributed by atoms with Gasteiger partial charge in [0.05, 0.1) is 5.69 Å². The number of amides is 1. The molecule has 1 aromatic carbocycles. The van der Waals surface area contributed by atoms with E-state index in [1.807, 2.05) is 26.8 Å². The number of hydrogen-bond donors (Lipinski definition) is 3. The van der Waals surface area contributed by atoms with E-state index in [2.05, 4.69) is 20.2 Å². The lowest BCUT2D eigenvalue weighted by Gasteiger charge is -2.47. The lowest BCUT2D eigenvalue weighted by molar-refractivity contribution is 0.0497. The summed E-state index contributed by atoms with van der Waals surface area (Å²) in [4.78, 5) is 24.9. The van der Waals surface area contributed by atoms with Crippen molar-refractivity contribution >= 4 is 29.4 Å². The average Bonchev–Trinajstić information content (AvgIpc) is 2.74. The number of anilines is 2. The number of nitrogens with one attached hydrogen (secondary N) is 1. The minimum Gasteiger partial charge on any atom is -0.444 e. The summed E-state index contributed by atoms with van der Waals surface area (Å²) in [6, 6.07) is 5.06. The van der Waals surface area contributed by atoms with Crippen LogP contribution in [0.1, 0.15) is 65.7 Å². The summed E-state index contributed by atoms with van der Waals surface area (Å²) in [5, 5.41) is 2.95. The third kappa shape index (κ3) is 5.05. The number of rotatable bonds is 3. The Kier molecular flexibility index (Phi) is 6.60. The largest absolute Gasteiger partial charge is 0.444 e. The Morgan fingerprint density at radius 3 is 2.50 bits per heavy atom. The van der Waals surface area contributed by atoms with Crippen LogP contribution in [0.25, 0.3) is 0 Å². The van der Waals surface area contributed by atoms with Crippen molar-refractivity contribution in [3.63, 3.8) is 0 Å². The molecule has 1 saturated heterocycles. The van der Waals surface area contributed by atoms with Gasteiger partial charge in [-0.05, 0) is 71.4 Å². The molecule has 0 bridgehead atoms. The molecule has 0 atom stereocenters. The minimum absolute atomic E-state index is 0.00110. The van der Waals surface area contributed by atoms with Crippen LogP contribution in [0.2, 0.25) is 0 Å². The van der Waals surface area contributed by atoms with Gasteiger partial charge in [-0.1, -0.05) is 12.5 Å². The van der Waals surface area contributed by atoms with Gasteiger partial charge in [0.15, 0.2) is 0 Å². The van der Waals surface area contributed by atoms with Crippen LogP contribution in [0.3, 0.4) is 0 Å². The molecular formula is C24H36FN7O2. The first-order valence-corrected chi connectivity index (χ1v) is 12.1. The first-order valence-electron chi connectivity index (χ1n) is 12.1. The Labute approximate surface area is 200 Å². The third-order valence-corrected chi connectivity index (χ3v) is 6.60. The SMILES string of the molecule is CC(C)(C)OC(=O)NC1CCN(c2cccc(F)c2N2C(N)=NC(N)=NC23CCCCC3)CC1. The Balaban J connectivity index is 1.56. The Morgan fingerprint density at radius 2 is 1.85 bits per heavy atom. The monoisotopic (exact) mass is 473 g/mol. The number of ether oxygens (including phenoxy) is 1. The highest BCUT2D eigenvalue weighted by Gasteiger charge is 2.45. The summed E-state index contributed by atoms with van der Waals surface area (Å²) < 4.78 is 20.9. The standard InChI is InChI=1S/C24H36FN7O2/c1-23(2,3)34-22(33)28-16-10-14-31(15-11-16)18-9-7-8-17(25)19(18)32-21(27)29-20(26)30-24(32)12-5-4-6-13-24/h7-9,16H,4-6,10-15H2,1-3H3,(H,28,33)(H4,26,27,29,30). The first-order chi connectivity index (χ1) is 16.1. The molecule has 1 aromatic rings. The smallest absolute Gasteiger partial charge is 0.407 e. The molecule has 1 saturated carbocycles. The molecule has 3 aliphatic rings. The number of halogens is 1. The van der Waals surface area contributed by atoms with Crippen molar-refractivity contribution in [2.24, 2.45) is 21.5 Å². The number of carbonyl (C=O) groups excluding carboxylic acids is 1. The van der Waals surface area contributed by atoms with E-state index in [1.165, 1.54) is 6.07 Å². The number of nitrogens with zero attached hydrogens (tertiary/aromatic N) is 4. The maximum atomic E-state index is 15.5. The number of nitrogens with two attached hydrogens (primary N) is 2. The molecule has 2 aliphatic heterocycles. The highest BCUT2D eigenvalue weighted by Crippen LogP contribution is 2.44. The Hall–Kier alpha value is -3.04. The average molecular weight is 474 g/mol. The van der Waals surface area contributed by atoms with Gasteiger partial charge in [-0.3, -0.25) is 4.90 Å². The topological polar surface area (TPSA) is 122 Å². The summed E-state index contributed by atoms with van der Waals surface area (Å²) in [7, 11) is 0. The van der Waals surface area contributed by atoms with Gasteiger partial charge < -0.3 is 26.4 Å². The zero-order chi connectivity index (χ0) is 24.5. The van der Waals surface area contributed by atoms with Gasteiger partial charge in [-0.2, -0.15) is 4.99 Å². The van der Waals surface area contributed by atoms with Crippen molar-refractivity contribution in [3.8, 4) is 0 Å². The van der Waals surface area contributed by atoms with Gasteiger partial charge in [-0.25, -0.2) is 14.2 Å². The number of hydrogen-bond acceptors (Lipinski definition) is 8. The molecule has 34 heavy (non-hydrogen) atoms. The van der Waals surface area contributed by atoms with Crippen molar-refractivity contribution in [2.75, 3.05) is 22.9 Å². The van der Waals surface area contributed by atoms with Crippen LogP contribution in [-0.2, 0) is 4.74 Å². The van der Waals surface area contributed by atoms with Crippen molar-refractivity contribution in [1.29, 1.82) is 0 Å². The van der Waals surface area contributed by atoms with E-state index < -0.39 is 17.4 Å². The van der Waals surface area contributed by atoms with Gasteiger partial charge >= 0.3 is 6.09 Å². The van der Waals surface area contributed by atoms with Crippen LogP contribution < -0.4 is 26.6 Å². The van der Waals surface area contributed by atoms with E-state index >= 15 is 4.39 Å². The maximum Gasteiger partial charge on any atom is 0.407 e. The highest BCUT2D eigenvalue weighted by molar-refractivity contribution is 6.07. The number of aliphatic imine (C=N–C) groups is 2. The summed E-state index contributed by atoms with van der Waals surface area (Å²) in [5.41, 5.74) is 12.2. The number of guanidine groups is 2. The molecule has 4 rings (SSSR count). The summed E-state index contributed by atoms with van der Waals surface area (Å²) in [6.45, 7) is 6.83. The van der Waals surface area contributed by atoms with Gasteiger partial charge in [-0.15, -0.1) is 0 Å². The van der Waals surface area contributed by atoms with Crippen LogP contribution >= 0.6 is 0 Å². The van der Waals surface area contributed by atoms with Crippen LogP contribution in [-0.4, -0.2) is 48.4 Å². The third-order valence-electron chi connectivity index (χ3n) is 6.60. The molecule has 1 spiro atoms. The fraction of sp³-hybridized carbons (Fsp3) is 0.625. The van der Waals surface area contributed by atoms with Crippen LogP contribution in [0.15, 0.2) is 28.2 Å². The number of piperidine rings is 1. The molecule has 1 aliphatic carbocycles. The molecule has 186 valence electrons. The number of alkyl carbamates (subject to hydrolysis) is 1. The van der Waals surface area contributed by atoms with Crippen LogP contribution in [0.5, 0.6) is 0 Å². The van der Waals surface area contributed by atoms with Gasteiger partial charge in [0.1, 0.15) is 22.8 Å². The fourth-order valence-corrected chi connectivity index (χ4v) is 5.16. The predicted molar refractivity (Wildman–Crippen MR) is 133 cm³/mol. The molecular weight excluding hydrogens is 437 g/mol. The second kappa shape index (κ2) is 9.31. The lowest BCUT2D eigenvalue weighted by atomic mass is 9.87. The zero-order valence-electron chi connectivity index (χ0n) is 20.3. The summed E-state index contributed by atoms with van der Waals surface area (Å²) >= 11 is 0. The van der Waals surface area contributed by atoms with E-state index in [4.69, 9.17) is 16.2 Å². The van der Waals surface area contributed by atoms with Crippen molar-refractivity contribution in [3.05, 3.63) is 24.0 Å². The van der Waals surface area contributed by atoms with Gasteiger partial charge in [0.2, 0.25) is 11.9 Å². The first kappa shape index (κ1) is 24.1. The van der Waals surface area contributed by atoms with Crippen molar-refractivity contribution in [2.45, 2.75) is 83.0 Å². The van der Waals surface area contributed by atoms with Crippen LogP contribution in [0, 0.1) is 5.82 Å². The molecule has 2 fully saturated rings. The van der Waals surface area contributed by atoms with Crippen LogP contribution in [0.4, 0.5) is 20.6 Å². The maximum absolute atomic E-state index is 15.5. The van der Waals surface area contributed by atoms with E-state index in [0.717, 1.165) is 50.6 Å². The Bertz CT molecular complexity index is 974. The number of carbonyl (C=O) groups is 1. The fourth-order valence-electron chi connectivity index (χ4n) is 5.16. The molecule has 1 amide bonds. The molecule has 10 heteroatoms. The quantitative estimate of drug-likeness (QED) is 0.618. The summed E-state index contributed by atoms with van der Waals surface area (Å²) in [5.74, 6) is -0.0601. The van der Waals surface area contributed by atoms with Gasteiger partial charge in [0.25, 0.3) is 0 Å². The minimum atomic E-state index is -0.721. The second-order valence-corrected chi connectivity index (χ2v) is 10.3. The molecule has 0 unspecified atom stereocenters. The normalized spacial score (nSPS) is 21.2. The van der Waals surface area contributed by atoms with Crippen molar-refractivity contribution in [1.82, 2.24) is 5.32 Å². The number of para-hydroxylation sites is 1.